The van der Waals surface area contributed by atoms with Crippen LogP contribution in [0.2, 0.25) is 0 Å². The topological polar surface area (TPSA) is 115 Å². The molecule has 28 heavy (non-hydrogen) atoms. The van der Waals surface area contributed by atoms with E-state index in [1.54, 1.807) is 4.90 Å². The molecule has 1 unspecified atom stereocenters. The van der Waals surface area contributed by atoms with Crippen molar-refractivity contribution in [2.45, 2.75) is 23.4 Å². The summed E-state index contributed by atoms with van der Waals surface area (Å²) in [7, 11) is 3.72. The van der Waals surface area contributed by atoms with Gasteiger partial charge in [0.1, 0.15) is 11.6 Å². The van der Waals surface area contributed by atoms with Crippen LogP contribution in [0.3, 0.4) is 0 Å². The highest BCUT2D eigenvalue weighted by Crippen LogP contribution is 2.37. The minimum Gasteiger partial charge on any atom is -0.492 e. The maximum absolute atomic E-state index is 5.81. The molecule has 0 fully saturated rings. The van der Waals surface area contributed by atoms with Crippen LogP contribution < -0.4 is 20.7 Å². The maximum Gasteiger partial charge on any atom is 0.229 e. The van der Waals surface area contributed by atoms with Gasteiger partial charge in [0.05, 0.1) is 17.5 Å². The third-order valence-electron chi connectivity index (χ3n) is 3.53. The number of rotatable bonds is 8. The fourth-order valence-electron chi connectivity index (χ4n) is 2.26. The van der Waals surface area contributed by atoms with Crippen molar-refractivity contribution < 1.29 is 4.74 Å². The molecule has 0 spiro atoms. The van der Waals surface area contributed by atoms with Gasteiger partial charge in [-0.2, -0.15) is 15.0 Å². The zero-order valence-corrected chi connectivity index (χ0v) is 17.7. The number of ether oxygens (including phenoxy) is 1. The molecule has 0 amide bonds. The molecule has 0 saturated carbocycles. The second kappa shape index (κ2) is 9.02. The molecule has 2 heterocycles. The first-order chi connectivity index (χ1) is 13.5. The van der Waals surface area contributed by atoms with Gasteiger partial charge < -0.3 is 20.7 Å². The molecule has 3 rings (SSSR count). The van der Waals surface area contributed by atoms with Crippen molar-refractivity contribution >= 4 is 45.8 Å². The van der Waals surface area contributed by atoms with Crippen molar-refractivity contribution in [2.75, 3.05) is 36.7 Å². The van der Waals surface area contributed by atoms with Gasteiger partial charge in [-0.15, -0.1) is 10.2 Å². The van der Waals surface area contributed by atoms with E-state index in [9.17, 15) is 0 Å². The Morgan fingerprint density at radius 2 is 2.00 bits per heavy atom. The van der Waals surface area contributed by atoms with Gasteiger partial charge in [-0.25, -0.2) is 0 Å². The molecule has 1 atom stereocenters. The monoisotopic (exact) mass is 418 g/mol. The van der Waals surface area contributed by atoms with Crippen LogP contribution in [0.5, 0.6) is 5.75 Å². The Bertz CT molecular complexity index is 933. The van der Waals surface area contributed by atoms with Gasteiger partial charge in [0.15, 0.2) is 4.34 Å². The average molecular weight is 419 g/mol. The van der Waals surface area contributed by atoms with Crippen molar-refractivity contribution in [1.29, 1.82) is 0 Å². The number of anilines is 4. The molecule has 148 valence electrons. The summed E-state index contributed by atoms with van der Waals surface area (Å²) >= 11 is 2.97. The second-order valence-electron chi connectivity index (χ2n) is 5.93. The number of hydrogen-bond acceptors (Lipinski definition) is 11. The Hall–Kier alpha value is -2.66. The molecule has 3 aromatic rings. The fraction of sp³-hybridized carbons (Fsp3) is 0.353. The largest absolute Gasteiger partial charge is 0.492 e. The van der Waals surface area contributed by atoms with Crippen LogP contribution in [0.1, 0.15) is 24.9 Å². The average Bonchev–Trinajstić information content (AvgIpc) is 3.10. The van der Waals surface area contributed by atoms with Crippen LogP contribution in [0, 0.1) is 0 Å². The van der Waals surface area contributed by atoms with Crippen LogP contribution in [0.25, 0.3) is 0 Å². The van der Waals surface area contributed by atoms with Gasteiger partial charge in [-0.1, -0.05) is 35.2 Å². The van der Waals surface area contributed by atoms with Gasteiger partial charge in [0.2, 0.25) is 17.0 Å². The number of nitrogens with zero attached hydrogens (tertiary/aromatic N) is 6. The van der Waals surface area contributed by atoms with E-state index < -0.39 is 0 Å². The van der Waals surface area contributed by atoms with Gasteiger partial charge in [0.25, 0.3) is 0 Å². The number of nitrogens with two attached hydrogens (primary N) is 1. The molecular weight excluding hydrogens is 396 g/mol. The van der Waals surface area contributed by atoms with Crippen molar-refractivity contribution in [3.05, 3.63) is 30.1 Å². The predicted octanol–water partition coefficient (Wildman–Crippen LogP) is 3.37. The summed E-state index contributed by atoms with van der Waals surface area (Å²) in [4.78, 5) is 14.6. The molecule has 3 N–H and O–H groups in total. The van der Waals surface area contributed by atoms with Crippen molar-refractivity contribution in [3.63, 3.8) is 0 Å². The number of benzene rings is 1. The molecule has 0 bridgehead atoms. The summed E-state index contributed by atoms with van der Waals surface area (Å²) in [5.74, 6) is 2.11. The lowest BCUT2D eigenvalue weighted by Crippen LogP contribution is -2.16. The summed E-state index contributed by atoms with van der Waals surface area (Å²) < 4.78 is 6.43. The zero-order chi connectivity index (χ0) is 20.1. The highest BCUT2D eigenvalue weighted by molar-refractivity contribution is 8.01. The molecular formula is C17H22N8OS2. The van der Waals surface area contributed by atoms with Crippen LogP contribution in [0.15, 0.2) is 28.6 Å². The molecule has 0 radical (unpaired) electrons. The zero-order valence-electron chi connectivity index (χ0n) is 16.1. The Balaban J connectivity index is 1.71. The molecule has 9 nitrogen and oxygen atoms in total. The highest BCUT2D eigenvalue weighted by Gasteiger charge is 2.17. The van der Waals surface area contributed by atoms with E-state index in [2.05, 4.69) is 30.5 Å². The molecule has 0 aliphatic rings. The van der Waals surface area contributed by atoms with Crippen LogP contribution >= 0.6 is 23.1 Å². The Kier molecular flexibility index (Phi) is 6.47. The van der Waals surface area contributed by atoms with Crippen LogP contribution in [-0.2, 0) is 0 Å². The third-order valence-corrected chi connectivity index (χ3v) is 5.55. The number of para-hydroxylation sites is 2. The van der Waals surface area contributed by atoms with E-state index in [4.69, 9.17) is 10.5 Å². The fourth-order valence-corrected chi connectivity index (χ4v) is 4.21. The number of aromatic nitrogens is 5. The van der Waals surface area contributed by atoms with Gasteiger partial charge in [-0.05, 0) is 26.0 Å². The van der Waals surface area contributed by atoms with E-state index in [0.717, 1.165) is 15.8 Å². The number of nitrogens with one attached hydrogen (secondary N) is 1. The SMILES string of the molecule is CCOc1ccccc1Nc1nnc(SC(C)c2nc(N)nc(N(C)C)n2)s1. The molecule has 0 saturated heterocycles. The lowest BCUT2D eigenvalue weighted by Gasteiger charge is -2.13. The smallest absolute Gasteiger partial charge is 0.229 e. The van der Waals surface area contributed by atoms with Gasteiger partial charge in [-0.3, -0.25) is 0 Å². The van der Waals surface area contributed by atoms with Crippen LogP contribution in [0.4, 0.5) is 22.7 Å². The third kappa shape index (κ3) is 4.98. The summed E-state index contributed by atoms with van der Waals surface area (Å²) in [5, 5.41) is 12.4. The van der Waals surface area contributed by atoms with E-state index in [-0.39, 0.29) is 11.2 Å². The summed E-state index contributed by atoms with van der Waals surface area (Å²) in [6.07, 6.45) is 0. The first-order valence-electron chi connectivity index (χ1n) is 8.64. The highest BCUT2D eigenvalue weighted by atomic mass is 32.2. The lowest BCUT2D eigenvalue weighted by atomic mass is 10.3. The standard InChI is InChI=1S/C17H22N8OS2/c1-5-26-12-9-7-6-8-11(12)19-16-23-24-17(28-16)27-10(2)13-20-14(18)22-15(21-13)25(3)4/h6-10H,5H2,1-4H3,(H,19,23)(H2,18,20,21,22). The van der Waals surface area contributed by atoms with Crippen LogP contribution in [-0.4, -0.2) is 45.9 Å². The minimum atomic E-state index is -0.0551. The first-order valence-corrected chi connectivity index (χ1v) is 10.3. The van der Waals surface area contributed by atoms with Crippen molar-refractivity contribution in [1.82, 2.24) is 25.1 Å². The number of thioether (sulfide) groups is 1. The quantitative estimate of drug-likeness (QED) is 0.528. The maximum atomic E-state index is 5.81. The van der Waals surface area contributed by atoms with E-state index in [1.165, 1.54) is 23.1 Å². The molecule has 0 aliphatic carbocycles. The molecule has 2 aromatic heterocycles. The van der Waals surface area contributed by atoms with E-state index in [1.807, 2.05) is 52.2 Å². The van der Waals surface area contributed by atoms with Crippen molar-refractivity contribution in [3.8, 4) is 5.75 Å². The van der Waals surface area contributed by atoms with Crippen molar-refractivity contribution in [2.24, 2.45) is 0 Å². The summed E-state index contributed by atoms with van der Waals surface area (Å²) in [6.45, 7) is 4.54. The number of hydrogen-bond donors (Lipinski definition) is 2. The Morgan fingerprint density at radius 1 is 1.21 bits per heavy atom. The number of nitrogen functional groups attached to an aromatic ring is 1. The van der Waals surface area contributed by atoms with E-state index in [0.29, 0.717) is 23.5 Å². The summed E-state index contributed by atoms with van der Waals surface area (Å²) in [5.41, 5.74) is 6.66. The minimum absolute atomic E-state index is 0.0551. The van der Waals surface area contributed by atoms with E-state index >= 15 is 0 Å². The Morgan fingerprint density at radius 3 is 2.75 bits per heavy atom. The normalized spacial score (nSPS) is 11.9. The van der Waals surface area contributed by atoms with Gasteiger partial charge >= 0.3 is 0 Å². The molecule has 1 aromatic carbocycles. The molecule has 0 aliphatic heterocycles. The first kappa shape index (κ1) is 20.1. The second-order valence-corrected chi connectivity index (χ2v) is 8.50. The summed E-state index contributed by atoms with van der Waals surface area (Å²) in [6, 6.07) is 7.73. The Labute approximate surface area is 171 Å². The van der Waals surface area contributed by atoms with Gasteiger partial charge in [0, 0.05) is 14.1 Å². The predicted molar refractivity (Wildman–Crippen MR) is 114 cm³/mol. The lowest BCUT2D eigenvalue weighted by molar-refractivity contribution is 0.342. The molecule has 11 heteroatoms.